The molecule has 0 aromatic rings. The minimum absolute atomic E-state index is 0.0891. The molecule has 0 aromatic carbocycles. The van der Waals surface area contributed by atoms with Crippen molar-refractivity contribution in [3.05, 3.63) is 0 Å². The van der Waals surface area contributed by atoms with E-state index in [0.29, 0.717) is 5.91 Å². The van der Waals surface area contributed by atoms with E-state index in [1.165, 1.54) is 32.1 Å². The molecule has 1 aliphatic rings. The molecule has 94 valence electrons. The summed E-state index contributed by atoms with van der Waals surface area (Å²) < 4.78 is 0. The number of hydrogen-bond acceptors (Lipinski definition) is 1. The summed E-state index contributed by atoms with van der Waals surface area (Å²) in [5.74, 6) is 0.401. The van der Waals surface area contributed by atoms with Crippen molar-refractivity contribution in [3.63, 3.8) is 0 Å². The number of rotatable bonds is 7. The first-order chi connectivity index (χ1) is 7.64. The number of carbonyl (C=O) groups is 1. The van der Waals surface area contributed by atoms with Gasteiger partial charge in [0.25, 0.3) is 0 Å². The molecule has 0 saturated carbocycles. The van der Waals surface area contributed by atoms with Gasteiger partial charge < -0.3 is 4.90 Å². The number of unbranched alkanes of at least 4 members (excludes halogenated alkanes) is 3. The fraction of sp³-hybridized carbons (Fsp3) is 0.929. The van der Waals surface area contributed by atoms with Gasteiger partial charge in [-0.05, 0) is 19.3 Å². The summed E-state index contributed by atoms with van der Waals surface area (Å²) in [4.78, 5) is 14.3. The summed E-state index contributed by atoms with van der Waals surface area (Å²) in [5.41, 5.74) is -0.0891. The molecule has 0 N–H and O–H groups in total. The largest absolute Gasteiger partial charge is 0.342 e. The molecule has 1 saturated heterocycles. The maximum atomic E-state index is 12.3. The summed E-state index contributed by atoms with van der Waals surface area (Å²) in [6, 6.07) is 0. The molecule has 2 nitrogen and oxygen atoms in total. The Hall–Kier alpha value is -0.530. The third-order valence-corrected chi connectivity index (χ3v) is 4.02. The average Bonchev–Trinajstić information content (AvgIpc) is 2.21. The molecule has 0 bridgehead atoms. The molecule has 2 heteroatoms. The second kappa shape index (κ2) is 6.27. The Balaban J connectivity index is 2.38. The zero-order valence-electron chi connectivity index (χ0n) is 11.2. The second-order valence-corrected chi connectivity index (χ2v) is 5.37. The van der Waals surface area contributed by atoms with Crippen LogP contribution >= 0.6 is 0 Å². The van der Waals surface area contributed by atoms with Crippen molar-refractivity contribution >= 4 is 5.91 Å². The van der Waals surface area contributed by atoms with Crippen molar-refractivity contribution in [1.29, 1.82) is 0 Å². The highest BCUT2D eigenvalue weighted by Crippen LogP contribution is 2.32. The molecule has 16 heavy (non-hydrogen) atoms. The lowest BCUT2D eigenvalue weighted by atomic mass is 9.80. The molecular formula is C14H27NO. The highest BCUT2D eigenvalue weighted by atomic mass is 16.2. The summed E-state index contributed by atoms with van der Waals surface area (Å²) >= 11 is 0. The normalized spacial score (nSPS) is 19.1. The quantitative estimate of drug-likeness (QED) is 0.606. The topological polar surface area (TPSA) is 20.3 Å². The van der Waals surface area contributed by atoms with Gasteiger partial charge in [-0.15, -0.1) is 0 Å². The van der Waals surface area contributed by atoms with Crippen LogP contribution < -0.4 is 0 Å². The van der Waals surface area contributed by atoms with Crippen molar-refractivity contribution in [2.75, 3.05) is 13.1 Å². The number of likely N-dealkylation sites (tertiary alicyclic amines) is 1. The zero-order valence-corrected chi connectivity index (χ0v) is 11.2. The van der Waals surface area contributed by atoms with Crippen LogP contribution in [-0.4, -0.2) is 23.9 Å². The SMILES string of the molecule is CCCCCCC(C)(CC)C(=O)N1CCC1. The monoisotopic (exact) mass is 225 g/mol. The van der Waals surface area contributed by atoms with Crippen molar-refractivity contribution in [3.8, 4) is 0 Å². The van der Waals surface area contributed by atoms with Crippen molar-refractivity contribution in [2.24, 2.45) is 5.41 Å². The first-order valence-electron chi connectivity index (χ1n) is 6.93. The van der Waals surface area contributed by atoms with Crippen LogP contribution in [-0.2, 0) is 4.79 Å². The van der Waals surface area contributed by atoms with Crippen LogP contribution in [0, 0.1) is 5.41 Å². The fourth-order valence-corrected chi connectivity index (χ4v) is 2.28. The van der Waals surface area contributed by atoms with Crippen molar-refractivity contribution in [2.45, 2.75) is 65.7 Å². The van der Waals surface area contributed by atoms with Gasteiger partial charge in [-0.25, -0.2) is 0 Å². The van der Waals surface area contributed by atoms with E-state index in [2.05, 4.69) is 20.8 Å². The Morgan fingerprint density at radius 3 is 2.31 bits per heavy atom. The highest BCUT2D eigenvalue weighted by Gasteiger charge is 2.36. The van der Waals surface area contributed by atoms with Crippen LogP contribution in [0.2, 0.25) is 0 Å². The smallest absolute Gasteiger partial charge is 0.228 e. The Kier molecular flexibility index (Phi) is 5.30. The molecule has 1 amide bonds. The number of hydrogen-bond donors (Lipinski definition) is 0. The van der Waals surface area contributed by atoms with Gasteiger partial charge in [-0.3, -0.25) is 4.79 Å². The summed E-state index contributed by atoms with van der Waals surface area (Å²) in [6.07, 6.45) is 8.30. The second-order valence-electron chi connectivity index (χ2n) is 5.37. The molecular weight excluding hydrogens is 198 g/mol. The van der Waals surface area contributed by atoms with Gasteiger partial charge in [0.2, 0.25) is 5.91 Å². The van der Waals surface area contributed by atoms with Crippen LogP contribution in [0.25, 0.3) is 0 Å². The van der Waals surface area contributed by atoms with E-state index < -0.39 is 0 Å². The molecule has 1 rings (SSSR count). The lowest BCUT2D eigenvalue weighted by molar-refractivity contribution is -0.145. The lowest BCUT2D eigenvalue weighted by Crippen LogP contribution is -2.49. The van der Waals surface area contributed by atoms with Gasteiger partial charge in [-0.2, -0.15) is 0 Å². The average molecular weight is 225 g/mol. The zero-order chi connectivity index (χ0) is 12.0. The van der Waals surface area contributed by atoms with Crippen LogP contribution in [0.5, 0.6) is 0 Å². The summed E-state index contributed by atoms with van der Waals surface area (Å²) in [5, 5.41) is 0. The molecule has 1 atom stereocenters. The third-order valence-electron chi connectivity index (χ3n) is 4.02. The van der Waals surface area contributed by atoms with E-state index in [1.54, 1.807) is 0 Å². The van der Waals surface area contributed by atoms with Gasteiger partial charge in [0, 0.05) is 18.5 Å². The standard InChI is InChI=1S/C14H27NO/c1-4-6-7-8-10-14(3,5-2)13(16)15-11-9-12-15/h4-12H2,1-3H3. The van der Waals surface area contributed by atoms with Gasteiger partial charge in [0.15, 0.2) is 0 Å². The Morgan fingerprint density at radius 2 is 1.88 bits per heavy atom. The van der Waals surface area contributed by atoms with Gasteiger partial charge >= 0.3 is 0 Å². The Morgan fingerprint density at radius 1 is 1.19 bits per heavy atom. The van der Waals surface area contributed by atoms with Crippen LogP contribution in [0.1, 0.15) is 65.7 Å². The summed E-state index contributed by atoms with van der Waals surface area (Å²) in [7, 11) is 0. The van der Waals surface area contributed by atoms with Crippen molar-refractivity contribution < 1.29 is 4.79 Å². The number of carbonyl (C=O) groups excluding carboxylic acids is 1. The molecule has 1 heterocycles. The minimum atomic E-state index is -0.0891. The van der Waals surface area contributed by atoms with Gasteiger partial charge in [0.1, 0.15) is 0 Å². The predicted octanol–water partition coefficient (Wildman–Crippen LogP) is 3.61. The molecule has 0 radical (unpaired) electrons. The molecule has 1 fully saturated rings. The molecule has 0 spiro atoms. The summed E-state index contributed by atoms with van der Waals surface area (Å²) in [6.45, 7) is 8.51. The number of amides is 1. The minimum Gasteiger partial charge on any atom is -0.342 e. The predicted molar refractivity (Wildman–Crippen MR) is 68.4 cm³/mol. The first kappa shape index (κ1) is 13.5. The molecule has 1 aliphatic heterocycles. The van der Waals surface area contributed by atoms with Crippen LogP contribution in [0.3, 0.4) is 0 Å². The molecule has 0 aliphatic carbocycles. The van der Waals surface area contributed by atoms with Gasteiger partial charge in [0.05, 0.1) is 0 Å². The Bertz CT molecular complexity index is 223. The lowest BCUT2D eigenvalue weighted by Gasteiger charge is -2.39. The maximum Gasteiger partial charge on any atom is 0.228 e. The van der Waals surface area contributed by atoms with E-state index in [0.717, 1.165) is 25.9 Å². The van der Waals surface area contributed by atoms with E-state index in [1.807, 2.05) is 4.90 Å². The molecule has 0 aromatic heterocycles. The van der Waals surface area contributed by atoms with E-state index >= 15 is 0 Å². The van der Waals surface area contributed by atoms with Crippen LogP contribution in [0.4, 0.5) is 0 Å². The van der Waals surface area contributed by atoms with Crippen LogP contribution in [0.15, 0.2) is 0 Å². The third kappa shape index (κ3) is 3.23. The van der Waals surface area contributed by atoms with E-state index in [-0.39, 0.29) is 5.41 Å². The Labute approximate surface area is 100 Å². The molecule has 1 unspecified atom stereocenters. The fourth-order valence-electron chi connectivity index (χ4n) is 2.28. The van der Waals surface area contributed by atoms with Crippen molar-refractivity contribution in [1.82, 2.24) is 4.90 Å². The number of nitrogens with zero attached hydrogens (tertiary/aromatic N) is 1. The van der Waals surface area contributed by atoms with Gasteiger partial charge in [-0.1, -0.05) is 46.5 Å². The van der Waals surface area contributed by atoms with E-state index in [9.17, 15) is 4.79 Å². The first-order valence-corrected chi connectivity index (χ1v) is 6.93. The highest BCUT2D eigenvalue weighted by molar-refractivity contribution is 5.82. The van der Waals surface area contributed by atoms with E-state index in [4.69, 9.17) is 0 Å². The maximum absolute atomic E-state index is 12.3.